The fourth-order valence-corrected chi connectivity index (χ4v) is 7.76. The molecule has 2 aromatic carbocycles. The van der Waals surface area contributed by atoms with E-state index in [4.69, 9.17) is 0 Å². The normalized spacial score (nSPS) is 18.2. The molecule has 3 aromatic rings. The molecule has 176 valence electrons. The summed E-state index contributed by atoms with van der Waals surface area (Å²) in [5.41, 5.74) is 3.83. The van der Waals surface area contributed by atoms with E-state index >= 15 is 0 Å². The highest BCUT2D eigenvalue weighted by Gasteiger charge is 2.32. The van der Waals surface area contributed by atoms with E-state index in [9.17, 15) is 13.2 Å². The van der Waals surface area contributed by atoms with Gasteiger partial charge in [-0.15, -0.1) is 0 Å². The van der Waals surface area contributed by atoms with Gasteiger partial charge in [0.1, 0.15) is 0 Å². The first-order valence-corrected chi connectivity index (χ1v) is 13.8. The van der Waals surface area contributed by atoms with Crippen LogP contribution in [-0.2, 0) is 16.6 Å². The SMILES string of the molecule is CCC1CCCCN1S(=O)(=O)c1ccc(C(=O)N=c2sc3cc(C)cc(C)c3n2CC)cc1. The van der Waals surface area contributed by atoms with Crippen molar-refractivity contribution >= 4 is 37.5 Å². The molecule has 1 amide bonds. The molecule has 1 unspecified atom stereocenters. The van der Waals surface area contributed by atoms with Crippen LogP contribution in [0.5, 0.6) is 0 Å². The van der Waals surface area contributed by atoms with Crippen LogP contribution in [0.2, 0.25) is 0 Å². The maximum absolute atomic E-state index is 13.2. The third-order valence-corrected chi connectivity index (χ3v) is 9.37. The molecule has 33 heavy (non-hydrogen) atoms. The number of carbonyl (C=O) groups is 1. The molecule has 0 spiro atoms. The van der Waals surface area contributed by atoms with Crippen LogP contribution >= 0.6 is 11.3 Å². The van der Waals surface area contributed by atoms with Crippen molar-refractivity contribution in [3.63, 3.8) is 0 Å². The number of aromatic nitrogens is 1. The van der Waals surface area contributed by atoms with Crippen LogP contribution in [0.3, 0.4) is 0 Å². The lowest BCUT2D eigenvalue weighted by molar-refractivity contribution is 0.0997. The van der Waals surface area contributed by atoms with Gasteiger partial charge in [-0.05, 0) is 81.5 Å². The quantitative estimate of drug-likeness (QED) is 0.509. The monoisotopic (exact) mass is 485 g/mol. The van der Waals surface area contributed by atoms with Gasteiger partial charge in [0.05, 0.1) is 15.1 Å². The van der Waals surface area contributed by atoms with Crippen LogP contribution in [0.4, 0.5) is 0 Å². The Morgan fingerprint density at radius 3 is 2.52 bits per heavy atom. The Hall–Kier alpha value is -2.29. The van der Waals surface area contributed by atoms with Crippen LogP contribution in [-0.4, -0.2) is 35.8 Å². The van der Waals surface area contributed by atoms with Crippen LogP contribution in [0.15, 0.2) is 46.3 Å². The summed E-state index contributed by atoms with van der Waals surface area (Å²) in [6, 6.07) is 10.5. The van der Waals surface area contributed by atoms with Gasteiger partial charge >= 0.3 is 0 Å². The second-order valence-electron chi connectivity index (χ2n) is 8.67. The summed E-state index contributed by atoms with van der Waals surface area (Å²) in [6.45, 7) is 9.47. The molecule has 8 heteroatoms. The highest BCUT2D eigenvalue weighted by atomic mass is 32.2. The topological polar surface area (TPSA) is 71.7 Å². The van der Waals surface area contributed by atoms with E-state index in [0.29, 0.717) is 23.5 Å². The van der Waals surface area contributed by atoms with Crippen LogP contribution < -0.4 is 4.80 Å². The van der Waals surface area contributed by atoms with E-state index < -0.39 is 10.0 Å². The van der Waals surface area contributed by atoms with Crippen molar-refractivity contribution in [3.05, 3.63) is 57.9 Å². The Labute approximate surface area is 199 Å². The number of sulfonamides is 1. The molecule has 0 saturated carbocycles. The fraction of sp³-hybridized carbons (Fsp3) is 0.440. The molecule has 1 fully saturated rings. The Kier molecular flexibility index (Phi) is 6.88. The van der Waals surface area contributed by atoms with Gasteiger partial charge in [0, 0.05) is 24.7 Å². The van der Waals surface area contributed by atoms with E-state index in [1.807, 2.05) is 13.8 Å². The molecule has 1 aromatic heterocycles. The number of hydrogen-bond acceptors (Lipinski definition) is 4. The second-order valence-corrected chi connectivity index (χ2v) is 11.6. The number of benzene rings is 2. The van der Waals surface area contributed by atoms with Crippen molar-refractivity contribution < 1.29 is 13.2 Å². The van der Waals surface area contributed by atoms with Gasteiger partial charge in [-0.2, -0.15) is 9.30 Å². The number of aryl methyl sites for hydroxylation is 3. The van der Waals surface area contributed by atoms with Crippen LogP contribution in [0.25, 0.3) is 10.2 Å². The lowest BCUT2D eigenvalue weighted by Gasteiger charge is -2.34. The molecule has 2 heterocycles. The first-order valence-electron chi connectivity index (χ1n) is 11.6. The number of rotatable bonds is 5. The van der Waals surface area contributed by atoms with Crippen molar-refractivity contribution in [2.45, 2.75) is 70.9 Å². The molecule has 1 saturated heterocycles. The van der Waals surface area contributed by atoms with Crippen LogP contribution in [0.1, 0.15) is 61.0 Å². The third-order valence-electron chi connectivity index (χ3n) is 6.38. The molecule has 6 nitrogen and oxygen atoms in total. The number of piperidine rings is 1. The Morgan fingerprint density at radius 2 is 1.85 bits per heavy atom. The first-order chi connectivity index (χ1) is 15.8. The summed E-state index contributed by atoms with van der Waals surface area (Å²) >= 11 is 1.50. The minimum Gasteiger partial charge on any atom is -0.316 e. The number of fused-ring (bicyclic) bond motifs is 1. The number of nitrogens with zero attached hydrogens (tertiary/aromatic N) is 3. The molecule has 1 aliphatic heterocycles. The fourth-order valence-electron chi connectivity index (χ4n) is 4.72. The van der Waals surface area contributed by atoms with E-state index in [-0.39, 0.29) is 16.8 Å². The lowest BCUT2D eigenvalue weighted by atomic mass is 10.0. The predicted octanol–water partition coefficient (Wildman–Crippen LogP) is 5.03. The highest BCUT2D eigenvalue weighted by molar-refractivity contribution is 7.89. The predicted molar refractivity (Wildman–Crippen MR) is 133 cm³/mol. The Balaban J connectivity index is 1.66. The summed E-state index contributed by atoms with van der Waals surface area (Å²) in [5.74, 6) is -0.369. The minimum absolute atomic E-state index is 0.0459. The summed E-state index contributed by atoms with van der Waals surface area (Å²) in [7, 11) is -3.57. The average Bonchev–Trinajstić information content (AvgIpc) is 3.16. The zero-order valence-electron chi connectivity index (χ0n) is 19.7. The van der Waals surface area contributed by atoms with Crippen molar-refractivity contribution in [3.8, 4) is 0 Å². The number of hydrogen-bond donors (Lipinski definition) is 0. The molecule has 0 aliphatic carbocycles. The molecule has 0 radical (unpaired) electrons. The largest absolute Gasteiger partial charge is 0.316 e. The van der Waals surface area contributed by atoms with Gasteiger partial charge in [-0.3, -0.25) is 4.79 Å². The van der Waals surface area contributed by atoms with Crippen molar-refractivity contribution in [2.75, 3.05) is 6.54 Å². The zero-order chi connectivity index (χ0) is 23.8. The van der Waals surface area contributed by atoms with Crippen molar-refractivity contribution in [1.82, 2.24) is 8.87 Å². The standard InChI is InChI=1S/C25H31N3O3S2/c1-5-20-9-7-8-14-28(20)33(30,31)21-12-10-19(11-13-21)24(29)26-25-27(6-2)23-18(4)15-17(3)16-22(23)32-25/h10-13,15-16,20H,5-9,14H2,1-4H3. The number of amides is 1. The summed E-state index contributed by atoms with van der Waals surface area (Å²) < 4.78 is 31.2. The number of carbonyl (C=O) groups excluding carboxylic acids is 1. The maximum Gasteiger partial charge on any atom is 0.279 e. The smallest absolute Gasteiger partial charge is 0.279 e. The van der Waals surface area contributed by atoms with Gasteiger partial charge in [0.25, 0.3) is 5.91 Å². The van der Waals surface area contributed by atoms with Crippen molar-refractivity contribution in [2.24, 2.45) is 4.99 Å². The van der Waals surface area contributed by atoms with Gasteiger partial charge < -0.3 is 4.57 Å². The van der Waals surface area contributed by atoms with E-state index in [1.54, 1.807) is 16.4 Å². The van der Waals surface area contributed by atoms with E-state index in [2.05, 4.69) is 35.5 Å². The van der Waals surface area contributed by atoms with Crippen molar-refractivity contribution in [1.29, 1.82) is 0 Å². The summed E-state index contributed by atoms with van der Waals surface area (Å²) in [6.07, 6.45) is 3.65. The van der Waals surface area contributed by atoms with Gasteiger partial charge in [-0.25, -0.2) is 8.42 Å². The molecule has 0 bridgehead atoms. The summed E-state index contributed by atoms with van der Waals surface area (Å²) in [5, 5.41) is 0. The number of thiazole rings is 1. The Morgan fingerprint density at radius 1 is 1.12 bits per heavy atom. The average molecular weight is 486 g/mol. The molecular weight excluding hydrogens is 454 g/mol. The van der Waals surface area contributed by atoms with E-state index in [0.717, 1.165) is 41.5 Å². The molecule has 4 rings (SSSR count). The van der Waals surface area contributed by atoms with Gasteiger partial charge in [0.2, 0.25) is 10.0 Å². The lowest BCUT2D eigenvalue weighted by Crippen LogP contribution is -2.43. The minimum atomic E-state index is -3.57. The highest BCUT2D eigenvalue weighted by Crippen LogP contribution is 2.27. The third kappa shape index (κ3) is 4.56. The summed E-state index contributed by atoms with van der Waals surface area (Å²) in [4.78, 5) is 18.2. The molecule has 1 aliphatic rings. The zero-order valence-corrected chi connectivity index (χ0v) is 21.3. The van der Waals surface area contributed by atoms with Gasteiger partial charge in [-0.1, -0.05) is 30.7 Å². The van der Waals surface area contributed by atoms with Gasteiger partial charge in [0.15, 0.2) is 4.80 Å². The van der Waals surface area contributed by atoms with E-state index in [1.165, 1.54) is 29.0 Å². The first kappa shape index (κ1) is 23.9. The Bertz CT molecular complexity index is 1350. The second kappa shape index (κ2) is 9.52. The maximum atomic E-state index is 13.2. The van der Waals surface area contributed by atoms with Crippen LogP contribution in [0, 0.1) is 13.8 Å². The molecular formula is C25H31N3O3S2. The molecule has 1 atom stereocenters. The molecule has 0 N–H and O–H groups in total.